The highest BCUT2D eigenvalue weighted by Gasteiger charge is 2.31. The first-order valence-electron chi connectivity index (χ1n) is 8.43. The summed E-state index contributed by atoms with van der Waals surface area (Å²) in [5, 5.41) is 4.67. The first kappa shape index (κ1) is 15.1. The molecule has 4 nitrogen and oxygen atoms in total. The van der Waals surface area contributed by atoms with Crippen LogP contribution in [-0.2, 0) is 4.74 Å². The van der Waals surface area contributed by atoms with E-state index in [1.54, 1.807) is 7.11 Å². The summed E-state index contributed by atoms with van der Waals surface area (Å²) in [4.78, 5) is 9.56. The molecule has 0 aliphatic heterocycles. The van der Waals surface area contributed by atoms with E-state index in [-0.39, 0.29) is 0 Å². The van der Waals surface area contributed by atoms with Crippen molar-refractivity contribution >= 4 is 16.7 Å². The number of nitrogens with zero attached hydrogens (tertiary/aromatic N) is 2. The van der Waals surface area contributed by atoms with Crippen LogP contribution in [0.15, 0.2) is 54.6 Å². The van der Waals surface area contributed by atoms with Crippen LogP contribution in [0.2, 0.25) is 0 Å². The van der Waals surface area contributed by atoms with Crippen LogP contribution < -0.4 is 5.32 Å². The van der Waals surface area contributed by atoms with Crippen molar-refractivity contribution in [1.29, 1.82) is 0 Å². The summed E-state index contributed by atoms with van der Waals surface area (Å²) >= 11 is 0. The number of aromatic nitrogens is 2. The number of para-hydroxylation sites is 1. The van der Waals surface area contributed by atoms with Gasteiger partial charge in [0.15, 0.2) is 5.82 Å². The zero-order valence-corrected chi connectivity index (χ0v) is 13.8. The Morgan fingerprint density at radius 2 is 1.79 bits per heavy atom. The molecule has 0 radical (unpaired) electrons. The summed E-state index contributed by atoms with van der Waals surface area (Å²) in [6.07, 6.45) is 2.52. The van der Waals surface area contributed by atoms with Crippen molar-refractivity contribution < 1.29 is 4.74 Å². The lowest BCUT2D eigenvalue weighted by Gasteiger charge is -2.19. The Balaban J connectivity index is 1.77. The summed E-state index contributed by atoms with van der Waals surface area (Å²) in [5.41, 5.74) is 1.99. The van der Waals surface area contributed by atoms with E-state index >= 15 is 0 Å². The van der Waals surface area contributed by atoms with Gasteiger partial charge in [0, 0.05) is 18.1 Å². The average Bonchev–Trinajstić information content (AvgIpc) is 3.47. The van der Waals surface area contributed by atoms with Gasteiger partial charge in [-0.25, -0.2) is 9.97 Å². The Morgan fingerprint density at radius 3 is 2.54 bits per heavy atom. The van der Waals surface area contributed by atoms with Gasteiger partial charge in [-0.15, -0.1) is 0 Å². The second-order valence-electron chi connectivity index (χ2n) is 6.32. The molecule has 4 rings (SSSR count). The van der Waals surface area contributed by atoms with Gasteiger partial charge in [-0.05, 0) is 30.9 Å². The topological polar surface area (TPSA) is 47.0 Å². The molecule has 2 aromatic carbocycles. The number of methoxy groups -OCH3 is 1. The molecule has 0 bridgehead atoms. The highest BCUT2D eigenvalue weighted by molar-refractivity contribution is 5.90. The molecule has 24 heavy (non-hydrogen) atoms. The minimum Gasteiger partial charge on any atom is -0.383 e. The lowest BCUT2D eigenvalue weighted by atomic mass is 10.1. The molecule has 122 valence electrons. The maximum absolute atomic E-state index is 5.40. The zero-order valence-electron chi connectivity index (χ0n) is 13.8. The third kappa shape index (κ3) is 3.10. The van der Waals surface area contributed by atoms with E-state index in [9.17, 15) is 0 Å². The van der Waals surface area contributed by atoms with Crippen molar-refractivity contribution in [1.82, 2.24) is 9.97 Å². The second-order valence-corrected chi connectivity index (χ2v) is 6.32. The van der Waals surface area contributed by atoms with Crippen LogP contribution in [0.3, 0.4) is 0 Å². The van der Waals surface area contributed by atoms with Crippen molar-refractivity contribution in [2.75, 3.05) is 19.0 Å². The van der Waals surface area contributed by atoms with E-state index in [1.165, 1.54) is 12.8 Å². The standard InChI is InChI=1S/C20H21N3O/c1-24-13-18(14-11-12-14)22-20-16-9-5-6-10-17(16)21-19(23-20)15-7-3-2-4-8-15/h2-10,14,18H,11-13H2,1H3,(H,21,22,23). The van der Waals surface area contributed by atoms with Crippen molar-refractivity contribution in [3.63, 3.8) is 0 Å². The van der Waals surface area contributed by atoms with Gasteiger partial charge in [-0.1, -0.05) is 42.5 Å². The third-order valence-electron chi connectivity index (χ3n) is 4.49. The van der Waals surface area contributed by atoms with Crippen LogP contribution in [0.25, 0.3) is 22.3 Å². The van der Waals surface area contributed by atoms with Crippen LogP contribution in [0.1, 0.15) is 12.8 Å². The highest BCUT2D eigenvalue weighted by atomic mass is 16.5. The van der Waals surface area contributed by atoms with E-state index in [2.05, 4.69) is 11.4 Å². The number of benzene rings is 2. The predicted molar refractivity (Wildman–Crippen MR) is 97.0 cm³/mol. The number of hydrogen-bond donors (Lipinski definition) is 1. The minimum absolute atomic E-state index is 0.303. The fourth-order valence-electron chi connectivity index (χ4n) is 3.05. The lowest BCUT2D eigenvalue weighted by Crippen LogP contribution is -2.27. The fraction of sp³-hybridized carbons (Fsp3) is 0.300. The third-order valence-corrected chi connectivity index (χ3v) is 4.49. The minimum atomic E-state index is 0.303. The Bertz CT molecular complexity index is 831. The van der Waals surface area contributed by atoms with Crippen LogP contribution in [-0.4, -0.2) is 29.7 Å². The Kier molecular flexibility index (Phi) is 4.13. The molecule has 1 unspecified atom stereocenters. The molecular weight excluding hydrogens is 298 g/mol. The van der Waals surface area contributed by atoms with E-state index in [1.807, 2.05) is 48.5 Å². The first-order valence-corrected chi connectivity index (χ1v) is 8.43. The maximum atomic E-state index is 5.40. The van der Waals surface area contributed by atoms with E-state index in [4.69, 9.17) is 14.7 Å². The van der Waals surface area contributed by atoms with Gasteiger partial charge in [0.25, 0.3) is 0 Å². The van der Waals surface area contributed by atoms with Gasteiger partial charge in [0.1, 0.15) is 5.82 Å². The molecule has 1 heterocycles. The predicted octanol–water partition coefficient (Wildman–Crippen LogP) is 4.13. The molecule has 0 saturated heterocycles. The zero-order chi connectivity index (χ0) is 16.4. The second kappa shape index (κ2) is 6.57. The van der Waals surface area contributed by atoms with E-state index in [0.717, 1.165) is 28.1 Å². The Labute approximate surface area is 141 Å². The van der Waals surface area contributed by atoms with Crippen LogP contribution >= 0.6 is 0 Å². The molecule has 1 N–H and O–H groups in total. The van der Waals surface area contributed by atoms with Crippen LogP contribution in [0.5, 0.6) is 0 Å². The summed E-state index contributed by atoms with van der Waals surface area (Å²) in [5.74, 6) is 2.33. The van der Waals surface area contributed by atoms with Gasteiger partial charge >= 0.3 is 0 Å². The van der Waals surface area contributed by atoms with Crippen molar-refractivity contribution in [2.45, 2.75) is 18.9 Å². The lowest BCUT2D eigenvalue weighted by molar-refractivity contribution is 0.179. The number of hydrogen-bond acceptors (Lipinski definition) is 4. The van der Waals surface area contributed by atoms with Gasteiger partial charge < -0.3 is 10.1 Å². The first-order chi connectivity index (χ1) is 11.8. The molecule has 1 aliphatic carbocycles. The molecule has 4 heteroatoms. The van der Waals surface area contributed by atoms with Gasteiger partial charge in [-0.2, -0.15) is 0 Å². The smallest absolute Gasteiger partial charge is 0.162 e. The molecule has 1 saturated carbocycles. The van der Waals surface area contributed by atoms with Crippen molar-refractivity contribution in [2.24, 2.45) is 5.92 Å². The Morgan fingerprint density at radius 1 is 1.04 bits per heavy atom. The quantitative estimate of drug-likeness (QED) is 0.742. The summed E-state index contributed by atoms with van der Waals surface area (Å²) in [6, 6.07) is 18.6. The van der Waals surface area contributed by atoms with Gasteiger partial charge in [0.05, 0.1) is 18.2 Å². The van der Waals surface area contributed by atoms with E-state index in [0.29, 0.717) is 18.6 Å². The molecular formula is C20H21N3O. The largest absolute Gasteiger partial charge is 0.383 e. The summed E-state index contributed by atoms with van der Waals surface area (Å²) in [7, 11) is 1.75. The SMILES string of the molecule is COCC(Nc1nc(-c2ccccc2)nc2ccccc12)C1CC1. The molecule has 3 aromatic rings. The number of anilines is 1. The molecule has 0 spiro atoms. The van der Waals surface area contributed by atoms with Crippen molar-refractivity contribution in [3.8, 4) is 11.4 Å². The molecule has 1 fully saturated rings. The molecule has 1 aliphatic rings. The van der Waals surface area contributed by atoms with Gasteiger partial charge in [-0.3, -0.25) is 0 Å². The Hall–Kier alpha value is -2.46. The van der Waals surface area contributed by atoms with E-state index < -0.39 is 0 Å². The van der Waals surface area contributed by atoms with Gasteiger partial charge in [0.2, 0.25) is 0 Å². The average molecular weight is 319 g/mol. The molecule has 0 amide bonds. The number of nitrogens with one attached hydrogen (secondary N) is 1. The maximum Gasteiger partial charge on any atom is 0.162 e. The fourth-order valence-corrected chi connectivity index (χ4v) is 3.05. The normalized spacial score (nSPS) is 15.4. The number of ether oxygens (including phenoxy) is 1. The number of rotatable bonds is 6. The van der Waals surface area contributed by atoms with Crippen molar-refractivity contribution in [3.05, 3.63) is 54.6 Å². The number of fused-ring (bicyclic) bond motifs is 1. The monoisotopic (exact) mass is 319 g/mol. The molecule has 1 atom stereocenters. The summed E-state index contributed by atoms with van der Waals surface area (Å²) in [6.45, 7) is 0.698. The molecule has 1 aromatic heterocycles. The summed E-state index contributed by atoms with van der Waals surface area (Å²) < 4.78 is 5.40. The van der Waals surface area contributed by atoms with Crippen LogP contribution in [0.4, 0.5) is 5.82 Å². The highest BCUT2D eigenvalue weighted by Crippen LogP contribution is 2.35. The van der Waals surface area contributed by atoms with Crippen LogP contribution in [0, 0.1) is 5.92 Å².